The largest absolute Gasteiger partial charge is 0.506 e. The van der Waals surface area contributed by atoms with Crippen molar-refractivity contribution in [3.63, 3.8) is 0 Å². The summed E-state index contributed by atoms with van der Waals surface area (Å²) in [4.78, 5) is 12.1. The number of anilines is 1. The maximum absolute atomic E-state index is 12.1. The van der Waals surface area contributed by atoms with E-state index in [4.69, 9.17) is 0 Å². The number of amides is 1. The Balaban J connectivity index is 2.28. The lowest BCUT2D eigenvalue weighted by molar-refractivity contribution is 0.102. The van der Waals surface area contributed by atoms with Crippen LogP contribution >= 0.6 is 38.5 Å². The maximum Gasteiger partial charge on any atom is 0.256 e. The highest BCUT2D eigenvalue weighted by atomic mass is 127. The lowest BCUT2D eigenvalue weighted by atomic mass is 10.2. The van der Waals surface area contributed by atoms with Gasteiger partial charge in [-0.25, -0.2) is 0 Å². The average molecular weight is 418 g/mol. The zero-order valence-corrected chi connectivity index (χ0v) is 12.9. The number of rotatable bonds is 2. The minimum absolute atomic E-state index is 0.0517. The van der Waals surface area contributed by atoms with Gasteiger partial charge in [0.2, 0.25) is 0 Å². The van der Waals surface area contributed by atoms with Crippen LogP contribution in [0.2, 0.25) is 0 Å². The lowest BCUT2D eigenvalue weighted by Crippen LogP contribution is -2.13. The third kappa shape index (κ3) is 3.02. The van der Waals surface area contributed by atoms with Crippen LogP contribution in [0.25, 0.3) is 0 Å². The molecule has 2 rings (SSSR count). The molecule has 0 aromatic heterocycles. The third-order valence-corrected chi connectivity index (χ3v) is 3.76. The summed E-state index contributed by atoms with van der Waals surface area (Å²) < 4.78 is 1.69. The summed E-state index contributed by atoms with van der Waals surface area (Å²) in [6.07, 6.45) is 0. The predicted octanol–water partition coefficient (Wildman–Crippen LogP) is 4.01. The molecule has 0 radical (unpaired) electrons. The molecule has 0 saturated heterocycles. The zero-order valence-electron chi connectivity index (χ0n) is 9.15. The first-order chi connectivity index (χ1) is 8.58. The van der Waals surface area contributed by atoms with Gasteiger partial charge in [-0.1, -0.05) is 28.1 Å². The van der Waals surface area contributed by atoms with Gasteiger partial charge in [0.15, 0.2) is 0 Å². The number of phenols is 1. The summed E-state index contributed by atoms with van der Waals surface area (Å²) in [5, 5.41) is 12.3. The normalized spacial score (nSPS) is 10.1. The van der Waals surface area contributed by atoms with E-state index in [0.29, 0.717) is 11.3 Å². The molecule has 0 aliphatic rings. The van der Waals surface area contributed by atoms with Gasteiger partial charge in [-0.2, -0.15) is 0 Å². The number of aromatic hydroxyl groups is 1. The number of benzene rings is 2. The molecular weight excluding hydrogens is 409 g/mol. The van der Waals surface area contributed by atoms with Crippen LogP contribution in [0.15, 0.2) is 46.9 Å². The second-order valence-corrected chi connectivity index (χ2v) is 5.67. The summed E-state index contributed by atoms with van der Waals surface area (Å²) >= 11 is 5.43. The Morgan fingerprint density at radius 3 is 2.67 bits per heavy atom. The van der Waals surface area contributed by atoms with Crippen molar-refractivity contribution in [1.82, 2.24) is 0 Å². The minimum Gasteiger partial charge on any atom is -0.506 e. The molecule has 0 heterocycles. The Labute approximate surface area is 126 Å². The number of nitrogens with one attached hydrogen (secondary N) is 1. The van der Waals surface area contributed by atoms with E-state index in [0.717, 1.165) is 8.04 Å². The van der Waals surface area contributed by atoms with Crippen molar-refractivity contribution in [2.75, 3.05) is 5.32 Å². The Hall–Kier alpha value is -1.08. The van der Waals surface area contributed by atoms with E-state index < -0.39 is 0 Å². The fraction of sp³-hybridized carbons (Fsp3) is 0. The first-order valence-corrected chi connectivity index (χ1v) is 6.99. The van der Waals surface area contributed by atoms with Crippen molar-refractivity contribution in [3.05, 3.63) is 56.1 Å². The Morgan fingerprint density at radius 1 is 1.22 bits per heavy atom. The SMILES string of the molecule is O=C(Nc1ccccc1O)c1cc(Br)ccc1I. The van der Waals surface area contributed by atoms with Gasteiger partial charge in [-0.05, 0) is 52.9 Å². The van der Waals surface area contributed by atoms with Crippen LogP contribution in [0.1, 0.15) is 10.4 Å². The molecule has 3 nitrogen and oxygen atoms in total. The van der Waals surface area contributed by atoms with E-state index in [1.54, 1.807) is 24.3 Å². The molecule has 0 atom stereocenters. The number of hydrogen-bond donors (Lipinski definition) is 2. The Kier molecular flexibility index (Phi) is 4.23. The molecule has 92 valence electrons. The van der Waals surface area contributed by atoms with Crippen molar-refractivity contribution in [2.45, 2.75) is 0 Å². The van der Waals surface area contributed by atoms with Crippen molar-refractivity contribution < 1.29 is 9.90 Å². The Morgan fingerprint density at radius 2 is 1.94 bits per heavy atom. The second-order valence-electron chi connectivity index (χ2n) is 3.60. The smallest absolute Gasteiger partial charge is 0.256 e. The van der Waals surface area contributed by atoms with Crippen LogP contribution in [0.3, 0.4) is 0 Å². The molecule has 0 bridgehead atoms. The number of hydrogen-bond acceptors (Lipinski definition) is 2. The van der Waals surface area contributed by atoms with E-state index in [2.05, 4.69) is 43.8 Å². The minimum atomic E-state index is -0.248. The van der Waals surface area contributed by atoms with Gasteiger partial charge in [-0.15, -0.1) is 0 Å². The number of carbonyl (C=O) groups excluding carboxylic acids is 1. The summed E-state index contributed by atoms with van der Waals surface area (Å²) in [7, 11) is 0. The van der Waals surface area contributed by atoms with E-state index in [-0.39, 0.29) is 11.7 Å². The van der Waals surface area contributed by atoms with Crippen molar-refractivity contribution in [1.29, 1.82) is 0 Å². The molecule has 0 aliphatic heterocycles. The van der Waals surface area contributed by atoms with E-state index >= 15 is 0 Å². The van der Waals surface area contributed by atoms with Crippen LogP contribution in [-0.2, 0) is 0 Å². The van der Waals surface area contributed by atoms with Gasteiger partial charge in [0.05, 0.1) is 11.3 Å². The van der Waals surface area contributed by atoms with Crippen molar-refractivity contribution in [2.24, 2.45) is 0 Å². The quantitative estimate of drug-likeness (QED) is 0.572. The van der Waals surface area contributed by atoms with Crippen LogP contribution < -0.4 is 5.32 Å². The van der Waals surface area contributed by atoms with Gasteiger partial charge in [0.25, 0.3) is 5.91 Å². The fourth-order valence-electron chi connectivity index (χ4n) is 1.44. The molecule has 5 heteroatoms. The van der Waals surface area contributed by atoms with Crippen LogP contribution in [-0.4, -0.2) is 11.0 Å². The highest BCUT2D eigenvalue weighted by molar-refractivity contribution is 14.1. The summed E-state index contributed by atoms with van der Waals surface area (Å²) in [5.41, 5.74) is 0.964. The summed E-state index contributed by atoms with van der Waals surface area (Å²) in [6.45, 7) is 0. The number of halogens is 2. The van der Waals surface area contributed by atoms with Crippen LogP contribution in [0, 0.1) is 3.57 Å². The van der Waals surface area contributed by atoms with E-state index in [1.165, 1.54) is 6.07 Å². The number of carbonyl (C=O) groups is 1. The van der Waals surface area contributed by atoms with Gasteiger partial charge < -0.3 is 10.4 Å². The highest BCUT2D eigenvalue weighted by Gasteiger charge is 2.12. The molecule has 0 aliphatic carbocycles. The predicted molar refractivity (Wildman–Crippen MR) is 82.9 cm³/mol. The molecule has 0 fully saturated rings. The molecule has 0 unspecified atom stereocenters. The molecule has 2 N–H and O–H groups in total. The van der Waals surface area contributed by atoms with Gasteiger partial charge in [0, 0.05) is 8.04 Å². The topological polar surface area (TPSA) is 49.3 Å². The van der Waals surface area contributed by atoms with Gasteiger partial charge in [0.1, 0.15) is 5.75 Å². The molecule has 0 spiro atoms. The summed E-state index contributed by atoms with van der Waals surface area (Å²) in [6, 6.07) is 12.1. The maximum atomic E-state index is 12.1. The first kappa shape index (κ1) is 13.4. The fourth-order valence-corrected chi connectivity index (χ4v) is 2.38. The van der Waals surface area contributed by atoms with Crippen molar-refractivity contribution in [3.8, 4) is 5.75 Å². The first-order valence-electron chi connectivity index (χ1n) is 5.12. The van der Waals surface area contributed by atoms with Gasteiger partial charge >= 0.3 is 0 Å². The second kappa shape index (κ2) is 5.71. The highest BCUT2D eigenvalue weighted by Crippen LogP contribution is 2.24. The van der Waals surface area contributed by atoms with E-state index in [1.807, 2.05) is 12.1 Å². The molecule has 2 aromatic rings. The third-order valence-electron chi connectivity index (χ3n) is 2.33. The standard InChI is InChI=1S/C13H9BrINO2/c14-8-5-6-10(15)9(7-8)13(18)16-11-3-1-2-4-12(11)17/h1-7,17H,(H,16,18). The molecule has 0 saturated carbocycles. The molecule has 2 aromatic carbocycles. The monoisotopic (exact) mass is 417 g/mol. The Bertz CT molecular complexity index is 601. The molecule has 1 amide bonds. The summed E-state index contributed by atoms with van der Waals surface area (Å²) in [5.74, 6) is -0.196. The molecular formula is C13H9BrINO2. The average Bonchev–Trinajstić information content (AvgIpc) is 2.35. The number of phenolic OH excluding ortho intramolecular Hbond substituents is 1. The molecule has 18 heavy (non-hydrogen) atoms. The van der Waals surface area contributed by atoms with Gasteiger partial charge in [-0.3, -0.25) is 4.79 Å². The van der Waals surface area contributed by atoms with Crippen LogP contribution in [0.4, 0.5) is 5.69 Å². The lowest BCUT2D eigenvalue weighted by Gasteiger charge is -2.08. The van der Waals surface area contributed by atoms with Crippen LogP contribution in [0.5, 0.6) is 5.75 Å². The number of para-hydroxylation sites is 2. The van der Waals surface area contributed by atoms with Crippen molar-refractivity contribution >= 4 is 50.1 Å². The zero-order chi connectivity index (χ0) is 13.1. The van der Waals surface area contributed by atoms with E-state index in [9.17, 15) is 9.90 Å².